The number of benzene rings is 3. The van der Waals surface area contributed by atoms with Gasteiger partial charge in [0.2, 0.25) is 5.13 Å². The molecule has 0 spiro atoms. The van der Waals surface area contributed by atoms with Gasteiger partial charge in [-0.3, -0.25) is 14.5 Å². The Morgan fingerprint density at radius 1 is 1.05 bits per heavy atom. The number of fused-ring (bicyclic) bond motifs is 1. The van der Waals surface area contributed by atoms with E-state index in [1.165, 1.54) is 16.7 Å². The Hall–Kier alpha value is -3.77. The first-order valence-electron chi connectivity index (χ1n) is 13.7. The van der Waals surface area contributed by atoms with Crippen molar-refractivity contribution in [1.29, 1.82) is 0 Å². The Balaban J connectivity index is 1.37. The van der Waals surface area contributed by atoms with Crippen molar-refractivity contribution in [2.24, 2.45) is 0 Å². The number of anilines is 1. The van der Waals surface area contributed by atoms with Gasteiger partial charge in [0.05, 0.1) is 18.2 Å². The molecule has 0 bridgehead atoms. The Morgan fingerprint density at radius 3 is 2.57 bits per heavy atom. The summed E-state index contributed by atoms with van der Waals surface area (Å²) in [6, 6.07) is 16.3. The van der Waals surface area contributed by atoms with Crippen LogP contribution in [-0.2, 0) is 15.3 Å². The molecule has 13 heteroatoms. The lowest BCUT2D eigenvalue weighted by molar-refractivity contribution is -0.132. The van der Waals surface area contributed by atoms with E-state index in [1.807, 2.05) is 13.0 Å². The Bertz CT molecular complexity index is 1760. The summed E-state index contributed by atoms with van der Waals surface area (Å²) in [6.45, 7) is 3.33. The molecule has 1 fully saturated rings. The van der Waals surface area contributed by atoms with Gasteiger partial charge in [0.25, 0.3) is 5.78 Å². The summed E-state index contributed by atoms with van der Waals surface area (Å²) >= 11 is 14.9. The first-order chi connectivity index (χ1) is 21.3. The van der Waals surface area contributed by atoms with Gasteiger partial charge in [-0.05, 0) is 60.0 Å². The molecule has 3 heterocycles. The lowest BCUT2D eigenvalue weighted by Gasteiger charge is -2.23. The minimum absolute atomic E-state index is 0.0775. The second-order valence-corrected chi connectivity index (χ2v) is 12.8. The van der Waals surface area contributed by atoms with Crippen molar-refractivity contribution in [2.75, 3.05) is 24.7 Å². The predicted octanol–water partition coefficient (Wildman–Crippen LogP) is 7.32. The molecule has 0 radical (unpaired) electrons. The SMILES string of the molecule is CCCOc1ccc(C2/C(=C(\O)c3ccc4c(c3)OCCO4)C(=O)C(=O)N2c2nnc(SCc3ccc(Cl)cc3Cl)s2)cc1. The highest BCUT2D eigenvalue weighted by Crippen LogP contribution is 2.45. The number of nitrogens with zero attached hydrogens (tertiary/aromatic N) is 3. The Labute approximate surface area is 271 Å². The third-order valence-corrected chi connectivity index (χ3v) is 9.59. The van der Waals surface area contributed by atoms with Crippen LogP contribution in [-0.4, -0.2) is 46.8 Å². The van der Waals surface area contributed by atoms with Crippen LogP contribution in [0.25, 0.3) is 5.76 Å². The lowest BCUT2D eigenvalue weighted by Crippen LogP contribution is -2.29. The van der Waals surface area contributed by atoms with E-state index in [0.29, 0.717) is 68.3 Å². The van der Waals surface area contributed by atoms with Gasteiger partial charge in [0.15, 0.2) is 15.8 Å². The molecule has 6 rings (SSSR count). The van der Waals surface area contributed by atoms with Gasteiger partial charge in [-0.2, -0.15) is 0 Å². The molecule has 2 aliphatic heterocycles. The fourth-order valence-corrected chi connectivity index (χ4v) is 7.22. The number of Topliss-reactive ketones (excluding diaryl/α,β-unsaturated/α-hetero) is 1. The predicted molar refractivity (Wildman–Crippen MR) is 170 cm³/mol. The third-order valence-electron chi connectivity index (χ3n) is 6.90. The van der Waals surface area contributed by atoms with Gasteiger partial charge in [0.1, 0.15) is 24.7 Å². The molecule has 1 amide bonds. The molecule has 1 atom stereocenters. The average Bonchev–Trinajstić information content (AvgIpc) is 3.60. The number of halogens is 2. The van der Waals surface area contributed by atoms with Crippen molar-refractivity contribution in [1.82, 2.24) is 10.2 Å². The normalized spacial score (nSPS) is 17.2. The monoisotopic (exact) mass is 669 g/mol. The number of amides is 1. The fraction of sp³-hybridized carbons (Fsp3) is 0.226. The van der Waals surface area contributed by atoms with Crippen LogP contribution in [0.5, 0.6) is 17.2 Å². The van der Waals surface area contributed by atoms with E-state index in [1.54, 1.807) is 54.6 Å². The highest BCUT2D eigenvalue weighted by Gasteiger charge is 2.48. The molecule has 9 nitrogen and oxygen atoms in total. The van der Waals surface area contributed by atoms with Crippen molar-refractivity contribution in [3.8, 4) is 17.2 Å². The smallest absolute Gasteiger partial charge is 0.301 e. The van der Waals surface area contributed by atoms with E-state index < -0.39 is 17.7 Å². The maximum Gasteiger partial charge on any atom is 0.301 e. The minimum atomic E-state index is -0.972. The number of carbonyl (C=O) groups excluding carboxylic acids is 2. The zero-order chi connectivity index (χ0) is 30.8. The zero-order valence-corrected chi connectivity index (χ0v) is 26.4. The first-order valence-corrected chi connectivity index (χ1v) is 16.2. The van der Waals surface area contributed by atoms with Crippen molar-refractivity contribution in [3.63, 3.8) is 0 Å². The summed E-state index contributed by atoms with van der Waals surface area (Å²) in [4.78, 5) is 28.5. The van der Waals surface area contributed by atoms with Crippen molar-refractivity contribution in [3.05, 3.63) is 93.0 Å². The summed E-state index contributed by atoms with van der Waals surface area (Å²) < 4.78 is 17.6. The number of aromatic nitrogens is 2. The van der Waals surface area contributed by atoms with Crippen LogP contribution in [0, 0.1) is 0 Å². The summed E-state index contributed by atoms with van der Waals surface area (Å²) in [7, 11) is 0. The largest absolute Gasteiger partial charge is 0.507 e. The van der Waals surface area contributed by atoms with Crippen LogP contribution in [0.2, 0.25) is 10.0 Å². The molecule has 1 aromatic heterocycles. The Morgan fingerprint density at radius 2 is 1.82 bits per heavy atom. The van der Waals surface area contributed by atoms with Crippen LogP contribution >= 0.6 is 46.3 Å². The molecule has 2 aliphatic rings. The maximum atomic E-state index is 13.6. The van der Waals surface area contributed by atoms with Gasteiger partial charge >= 0.3 is 5.91 Å². The van der Waals surface area contributed by atoms with Crippen LogP contribution < -0.4 is 19.1 Å². The molecule has 0 aliphatic carbocycles. The molecule has 44 heavy (non-hydrogen) atoms. The van der Waals surface area contributed by atoms with Crippen LogP contribution in [0.1, 0.15) is 36.1 Å². The molecular weight excluding hydrogens is 645 g/mol. The second-order valence-electron chi connectivity index (χ2n) is 9.82. The van der Waals surface area contributed by atoms with Crippen molar-refractivity contribution >= 4 is 68.9 Å². The number of ketones is 1. The third kappa shape index (κ3) is 6.10. The summed E-state index contributed by atoms with van der Waals surface area (Å²) in [5.41, 5.74) is 1.69. The number of rotatable bonds is 9. The summed E-state index contributed by atoms with van der Waals surface area (Å²) in [5, 5.41) is 21.4. The van der Waals surface area contributed by atoms with E-state index in [2.05, 4.69) is 10.2 Å². The lowest BCUT2D eigenvalue weighted by atomic mass is 9.95. The van der Waals surface area contributed by atoms with Crippen LogP contribution in [0.4, 0.5) is 5.13 Å². The zero-order valence-electron chi connectivity index (χ0n) is 23.3. The first kappa shape index (κ1) is 30.3. The fourth-order valence-electron chi connectivity index (χ4n) is 4.79. The number of carbonyl (C=O) groups is 2. The molecule has 226 valence electrons. The summed E-state index contributed by atoms with van der Waals surface area (Å²) in [6.07, 6.45) is 0.846. The van der Waals surface area contributed by atoms with E-state index in [4.69, 9.17) is 37.4 Å². The quantitative estimate of drug-likeness (QED) is 0.0644. The van der Waals surface area contributed by atoms with Gasteiger partial charge in [-0.15, -0.1) is 10.2 Å². The highest BCUT2D eigenvalue weighted by atomic mass is 35.5. The van der Waals surface area contributed by atoms with E-state index >= 15 is 0 Å². The van der Waals surface area contributed by atoms with Gasteiger partial charge < -0.3 is 19.3 Å². The van der Waals surface area contributed by atoms with Gasteiger partial charge in [-0.25, -0.2) is 0 Å². The van der Waals surface area contributed by atoms with Crippen LogP contribution in [0.3, 0.4) is 0 Å². The highest BCUT2D eigenvalue weighted by molar-refractivity contribution is 8.00. The number of thioether (sulfide) groups is 1. The average molecular weight is 671 g/mol. The van der Waals surface area contributed by atoms with Crippen molar-refractivity contribution < 1.29 is 28.9 Å². The summed E-state index contributed by atoms with van der Waals surface area (Å²) in [5.74, 6) is 0.114. The minimum Gasteiger partial charge on any atom is -0.507 e. The standard InChI is InChI=1S/C31H25Cl2N3O6S2/c1-2-11-40-21-8-4-17(5-9-21)26-25(27(37)18-6-10-23-24(14-18)42-13-12-41-23)28(38)29(39)36(26)30-34-35-31(44-30)43-16-19-3-7-20(32)15-22(19)33/h3-10,14-15,26,37H,2,11-13,16H2,1H3/b27-25+. The van der Waals surface area contributed by atoms with E-state index in [0.717, 1.165) is 23.3 Å². The van der Waals surface area contributed by atoms with Crippen molar-refractivity contribution in [2.45, 2.75) is 29.5 Å². The number of aliphatic hydroxyl groups excluding tert-OH is 1. The number of ether oxygens (including phenoxy) is 3. The van der Waals surface area contributed by atoms with E-state index in [-0.39, 0.29) is 16.5 Å². The number of aliphatic hydroxyl groups is 1. The molecule has 4 aromatic rings. The topological polar surface area (TPSA) is 111 Å². The molecule has 1 unspecified atom stereocenters. The molecule has 0 saturated carbocycles. The molecule has 3 aromatic carbocycles. The van der Waals surface area contributed by atoms with Gasteiger partial charge in [-0.1, -0.05) is 71.4 Å². The van der Waals surface area contributed by atoms with E-state index in [9.17, 15) is 14.7 Å². The number of hydrogen-bond acceptors (Lipinski definition) is 10. The Kier molecular flexibility index (Phi) is 8.99. The molecular formula is C31H25Cl2N3O6S2. The van der Waals surface area contributed by atoms with Crippen LogP contribution in [0.15, 0.2) is 70.6 Å². The van der Waals surface area contributed by atoms with Gasteiger partial charge in [0, 0.05) is 21.4 Å². The second kappa shape index (κ2) is 13.1. The number of hydrogen-bond donors (Lipinski definition) is 1. The molecule has 1 saturated heterocycles. The maximum absolute atomic E-state index is 13.6. The molecule has 1 N–H and O–H groups in total.